The largest absolute Gasteiger partial charge is 0.465 e. The first-order valence-electron chi connectivity index (χ1n) is 8.68. The van der Waals surface area contributed by atoms with Crippen LogP contribution in [0.2, 0.25) is 0 Å². The predicted octanol–water partition coefficient (Wildman–Crippen LogP) is 5.00. The van der Waals surface area contributed by atoms with Crippen LogP contribution in [0, 0.1) is 5.92 Å². The third kappa shape index (κ3) is 1.54. The molecule has 110 valence electrons. The molecule has 0 bridgehead atoms. The van der Waals surface area contributed by atoms with Crippen molar-refractivity contribution in [1.29, 1.82) is 0 Å². The summed E-state index contributed by atoms with van der Waals surface area (Å²) in [6.07, 6.45) is 11.8. The smallest absolute Gasteiger partial charge is 0.190 e. The average Bonchev–Trinajstić information content (AvgIpc) is 2.87. The monoisotopic (exact) mass is 281 g/mol. The molecule has 2 aliphatic carbocycles. The van der Waals surface area contributed by atoms with Crippen LogP contribution in [0.5, 0.6) is 5.75 Å². The molecule has 2 nitrogen and oxygen atoms in total. The van der Waals surface area contributed by atoms with Gasteiger partial charge in [-0.05, 0) is 57.1 Å². The van der Waals surface area contributed by atoms with E-state index in [0.717, 1.165) is 5.75 Å². The molecule has 4 aliphatic rings. The van der Waals surface area contributed by atoms with E-state index in [1.165, 1.54) is 63.5 Å². The molecule has 21 heavy (non-hydrogen) atoms. The summed E-state index contributed by atoms with van der Waals surface area (Å²) in [6, 6.07) is 8.70. The molecular formula is C19H23NO. The summed E-state index contributed by atoms with van der Waals surface area (Å²) >= 11 is 0. The molecule has 2 atom stereocenters. The Morgan fingerprint density at radius 2 is 1.95 bits per heavy atom. The Bertz CT molecular complexity index is 620. The van der Waals surface area contributed by atoms with Crippen LogP contribution in [0.15, 0.2) is 35.5 Å². The van der Waals surface area contributed by atoms with Crippen LogP contribution in [0.3, 0.4) is 0 Å². The Morgan fingerprint density at radius 3 is 2.95 bits per heavy atom. The summed E-state index contributed by atoms with van der Waals surface area (Å²) in [6.45, 7) is 0. The highest BCUT2D eigenvalue weighted by atomic mass is 16.5. The second kappa shape index (κ2) is 4.28. The van der Waals surface area contributed by atoms with Crippen molar-refractivity contribution in [3.05, 3.63) is 35.5 Å². The number of benzene rings is 1. The fourth-order valence-corrected chi connectivity index (χ4v) is 5.17. The van der Waals surface area contributed by atoms with Gasteiger partial charge in [0.25, 0.3) is 0 Å². The number of anilines is 1. The molecule has 1 spiro atoms. The van der Waals surface area contributed by atoms with E-state index < -0.39 is 0 Å². The maximum Gasteiger partial charge on any atom is 0.190 e. The summed E-state index contributed by atoms with van der Waals surface area (Å²) in [5.74, 6) is 1.80. The van der Waals surface area contributed by atoms with Crippen LogP contribution in [-0.2, 0) is 0 Å². The van der Waals surface area contributed by atoms with Gasteiger partial charge >= 0.3 is 0 Å². The van der Waals surface area contributed by atoms with Gasteiger partial charge in [-0.25, -0.2) is 0 Å². The lowest BCUT2D eigenvalue weighted by Gasteiger charge is -2.52. The fraction of sp³-hybridized carbons (Fsp3) is 0.579. The molecule has 0 amide bonds. The maximum atomic E-state index is 6.64. The summed E-state index contributed by atoms with van der Waals surface area (Å²) in [5.41, 5.74) is 4.64. The van der Waals surface area contributed by atoms with E-state index in [0.29, 0.717) is 5.92 Å². The van der Waals surface area contributed by atoms with Crippen LogP contribution < -0.4 is 9.64 Å². The number of ether oxygens (including phenoxy) is 1. The van der Waals surface area contributed by atoms with Gasteiger partial charge in [0.05, 0.1) is 5.69 Å². The van der Waals surface area contributed by atoms with Crippen molar-refractivity contribution < 1.29 is 4.74 Å². The van der Waals surface area contributed by atoms with E-state index in [1.807, 2.05) is 0 Å². The quantitative estimate of drug-likeness (QED) is 0.663. The number of hydrogen-bond donors (Lipinski definition) is 0. The van der Waals surface area contributed by atoms with Gasteiger partial charge in [-0.1, -0.05) is 24.1 Å². The van der Waals surface area contributed by atoms with E-state index >= 15 is 0 Å². The van der Waals surface area contributed by atoms with Crippen LogP contribution in [0.1, 0.15) is 57.8 Å². The highest BCUT2D eigenvalue weighted by molar-refractivity contribution is 5.69. The minimum Gasteiger partial charge on any atom is -0.465 e. The zero-order valence-corrected chi connectivity index (χ0v) is 12.6. The van der Waals surface area contributed by atoms with Crippen LogP contribution in [0.25, 0.3) is 0 Å². The normalized spacial score (nSPS) is 33.7. The Kier molecular flexibility index (Phi) is 2.47. The van der Waals surface area contributed by atoms with E-state index in [2.05, 4.69) is 29.2 Å². The van der Waals surface area contributed by atoms with Gasteiger partial charge in [-0.3, -0.25) is 0 Å². The van der Waals surface area contributed by atoms with Crippen molar-refractivity contribution in [1.82, 2.24) is 0 Å². The lowest BCUT2D eigenvalue weighted by molar-refractivity contribution is -0.0127. The zero-order chi connectivity index (χ0) is 13.9. The van der Waals surface area contributed by atoms with E-state index in [1.54, 1.807) is 11.3 Å². The first-order chi connectivity index (χ1) is 10.4. The van der Waals surface area contributed by atoms with E-state index in [-0.39, 0.29) is 5.72 Å². The lowest BCUT2D eigenvalue weighted by atomic mass is 9.71. The number of allylic oxidation sites excluding steroid dienone is 2. The third-order valence-electron chi connectivity index (χ3n) is 6.06. The minimum atomic E-state index is -0.0435. The maximum absolute atomic E-state index is 6.64. The molecule has 5 rings (SSSR count). The van der Waals surface area contributed by atoms with Gasteiger partial charge in [-0.2, -0.15) is 0 Å². The fourth-order valence-electron chi connectivity index (χ4n) is 5.17. The molecule has 1 fully saturated rings. The molecule has 1 aromatic carbocycles. The van der Waals surface area contributed by atoms with Crippen molar-refractivity contribution in [3.8, 4) is 5.75 Å². The van der Waals surface area contributed by atoms with Gasteiger partial charge in [0, 0.05) is 18.0 Å². The molecular weight excluding hydrogens is 258 g/mol. The van der Waals surface area contributed by atoms with E-state index in [9.17, 15) is 0 Å². The number of nitrogens with zero attached hydrogens (tertiary/aromatic N) is 1. The Morgan fingerprint density at radius 1 is 1.05 bits per heavy atom. The highest BCUT2D eigenvalue weighted by Crippen LogP contribution is 2.58. The first-order valence-corrected chi connectivity index (χ1v) is 8.68. The van der Waals surface area contributed by atoms with Crippen LogP contribution in [0.4, 0.5) is 5.69 Å². The topological polar surface area (TPSA) is 12.5 Å². The van der Waals surface area contributed by atoms with Crippen LogP contribution in [-0.4, -0.2) is 5.72 Å². The van der Waals surface area contributed by atoms with Crippen molar-refractivity contribution >= 4 is 5.69 Å². The van der Waals surface area contributed by atoms with E-state index in [4.69, 9.17) is 4.74 Å². The standard InChI is InChI=1S/C19H23NO/c1-2-9-16-14(7-1)13-15-8-5-6-12-19(15)20(16)17-10-3-4-11-18(17)21-19/h3-4,10-11,15H,1-2,5-9,12-13H2. The predicted molar refractivity (Wildman–Crippen MR) is 84.3 cm³/mol. The molecule has 2 heteroatoms. The van der Waals surface area contributed by atoms with Gasteiger partial charge in [0.2, 0.25) is 0 Å². The molecule has 1 aromatic rings. The lowest BCUT2D eigenvalue weighted by Crippen LogP contribution is -2.59. The van der Waals surface area contributed by atoms with Gasteiger partial charge in [-0.15, -0.1) is 0 Å². The first kappa shape index (κ1) is 12.1. The molecule has 2 aliphatic heterocycles. The SMILES string of the molecule is c1ccc2c(c1)OC13CCCCC1CC1=C(CCCC1)N23. The summed E-state index contributed by atoms with van der Waals surface area (Å²) < 4.78 is 6.64. The summed E-state index contributed by atoms with van der Waals surface area (Å²) in [5, 5.41) is 0. The van der Waals surface area contributed by atoms with Crippen molar-refractivity contribution in [2.24, 2.45) is 5.92 Å². The average molecular weight is 281 g/mol. The third-order valence-corrected chi connectivity index (χ3v) is 6.06. The second-order valence-electron chi connectivity index (χ2n) is 7.15. The number of fused-ring (bicyclic) bond motifs is 3. The highest BCUT2D eigenvalue weighted by Gasteiger charge is 2.56. The van der Waals surface area contributed by atoms with Gasteiger partial charge in [0.1, 0.15) is 5.75 Å². The minimum absolute atomic E-state index is 0.0435. The Balaban J connectivity index is 1.72. The van der Waals surface area contributed by atoms with Crippen molar-refractivity contribution in [2.75, 3.05) is 4.90 Å². The van der Waals surface area contributed by atoms with Gasteiger partial charge in [0.15, 0.2) is 5.72 Å². The molecule has 2 heterocycles. The Hall–Kier alpha value is -1.44. The number of hydrogen-bond acceptors (Lipinski definition) is 2. The molecule has 2 unspecified atom stereocenters. The van der Waals surface area contributed by atoms with Gasteiger partial charge < -0.3 is 9.64 Å². The molecule has 1 saturated carbocycles. The molecule has 0 saturated heterocycles. The van der Waals surface area contributed by atoms with Crippen molar-refractivity contribution in [3.63, 3.8) is 0 Å². The summed E-state index contributed by atoms with van der Waals surface area (Å²) in [4.78, 5) is 2.64. The van der Waals surface area contributed by atoms with Crippen LogP contribution >= 0.6 is 0 Å². The number of rotatable bonds is 0. The summed E-state index contributed by atoms with van der Waals surface area (Å²) in [7, 11) is 0. The number of para-hydroxylation sites is 2. The Labute approximate surface area is 126 Å². The molecule has 0 aromatic heterocycles. The zero-order valence-electron chi connectivity index (χ0n) is 12.6. The van der Waals surface area contributed by atoms with Crippen molar-refractivity contribution in [2.45, 2.75) is 63.5 Å². The second-order valence-corrected chi connectivity index (χ2v) is 7.15. The molecule has 0 N–H and O–H groups in total. The molecule has 0 radical (unpaired) electrons.